The van der Waals surface area contributed by atoms with Crippen LogP contribution in [-0.4, -0.2) is 11.2 Å². The Hall–Kier alpha value is -0.540. The summed E-state index contributed by atoms with van der Waals surface area (Å²) in [6.07, 6.45) is 6.55. The van der Waals surface area contributed by atoms with Crippen LogP contribution in [0.15, 0.2) is 22.7 Å². The van der Waals surface area contributed by atoms with Gasteiger partial charge >= 0.3 is 0 Å². The van der Waals surface area contributed by atoms with Gasteiger partial charge < -0.3 is 9.84 Å². The first kappa shape index (κ1) is 13.9. The minimum Gasteiger partial charge on any atom is -0.490 e. The molecule has 1 aliphatic heterocycles. The Balaban J connectivity index is 1.93. The molecule has 1 N–H and O–H groups in total. The van der Waals surface area contributed by atoms with E-state index >= 15 is 0 Å². The van der Waals surface area contributed by atoms with Gasteiger partial charge in [-0.1, -0.05) is 42.1 Å². The SMILES string of the molecule is CCCCCCC1C[C@@H](O)c2cc(Br)ccc2O1. The second kappa shape index (κ2) is 6.58. The Morgan fingerprint density at radius 3 is 2.94 bits per heavy atom. The third kappa shape index (κ3) is 3.48. The lowest BCUT2D eigenvalue weighted by Crippen LogP contribution is -2.25. The van der Waals surface area contributed by atoms with Gasteiger partial charge in [0.05, 0.1) is 6.10 Å². The van der Waals surface area contributed by atoms with Crippen LogP contribution < -0.4 is 4.74 Å². The van der Waals surface area contributed by atoms with Crippen molar-refractivity contribution in [2.75, 3.05) is 0 Å². The van der Waals surface area contributed by atoms with Gasteiger partial charge in [-0.2, -0.15) is 0 Å². The van der Waals surface area contributed by atoms with E-state index in [1.165, 1.54) is 25.7 Å². The molecule has 3 heteroatoms. The van der Waals surface area contributed by atoms with Crippen LogP contribution in [0.25, 0.3) is 0 Å². The summed E-state index contributed by atoms with van der Waals surface area (Å²) < 4.78 is 6.95. The van der Waals surface area contributed by atoms with Gasteiger partial charge in [-0.25, -0.2) is 0 Å². The van der Waals surface area contributed by atoms with E-state index in [1.54, 1.807) is 0 Å². The number of benzene rings is 1. The van der Waals surface area contributed by atoms with Crippen molar-refractivity contribution >= 4 is 15.9 Å². The number of hydrogen-bond donors (Lipinski definition) is 1. The van der Waals surface area contributed by atoms with Crippen molar-refractivity contribution in [1.29, 1.82) is 0 Å². The fourth-order valence-corrected chi connectivity index (χ4v) is 2.85. The number of halogens is 1. The molecule has 0 fully saturated rings. The molecule has 0 bridgehead atoms. The number of unbranched alkanes of at least 4 members (excludes halogenated alkanes) is 3. The minimum absolute atomic E-state index is 0.172. The number of ether oxygens (including phenoxy) is 1. The molecule has 100 valence electrons. The van der Waals surface area contributed by atoms with Crippen LogP contribution >= 0.6 is 15.9 Å². The summed E-state index contributed by atoms with van der Waals surface area (Å²) in [6, 6.07) is 5.86. The molecule has 18 heavy (non-hydrogen) atoms. The summed E-state index contributed by atoms with van der Waals surface area (Å²) in [6.45, 7) is 2.22. The van der Waals surface area contributed by atoms with Crippen LogP contribution in [0, 0.1) is 0 Å². The molecule has 1 aliphatic rings. The monoisotopic (exact) mass is 312 g/mol. The van der Waals surface area contributed by atoms with Gasteiger partial charge in [0.2, 0.25) is 0 Å². The van der Waals surface area contributed by atoms with E-state index in [-0.39, 0.29) is 12.2 Å². The molecule has 0 saturated carbocycles. The van der Waals surface area contributed by atoms with Crippen LogP contribution in [0.3, 0.4) is 0 Å². The number of aliphatic hydroxyl groups is 1. The van der Waals surface area contributed by atoms with Gasteiger partial charge in [0.1, 0.15) is 11.9 Å². The van der Waals surface area contributed by atoms with Gasteiger partial charge in [0.15, 0.2) is 0 Å². The largest absolute Gasteiger partial charge is 0.490 e. The average molecular weight is 313 g/mol. The van der Waals surface area contributed by atoms with Crippen molar-refractivity contribution < 1.29 is 9.84 Å². The van der Waals surface area contributed by atoms with E-state index in [0.717, 1.165) is 28.6 Å². The van der Waals surface area contributed by atoms with E-state index < -0.39 is 0 Å². The van der Waals surface area contributed by atoms with E-state index in [9.17, 15) is 5.11 Å². The molecule has 0 aromatic heterocycles. The van der Waals surface area contributed by atoms with Crippen molar-refractivity contribution in [3.8, 4) is 5.75 Å². The molecule has 1 aromatic rings. The number of fused-ring (bicyclic) bond motifs is 1. The summed E-state index contributed by atoms with van der Waals surface area (Å²) in [5.41, 5.74) is 0.911. The third-order valence-corrected chi connectivity index (χ3v) is 3.98. The molecule has 0 aliphatic carbocycles. The molecule has 0 radical (unpaired) electrons. The second-order valence-electron chi connectivity index (χ2n) is 5.02. The third-order valence-electron chi connectivity index (χ3n) is 3.49. The number of hydrogen-bond acceptors (Lipinski definition) is 2. The molecule has 0 spiro atoms. The van der Waals surface area contributed by atoms with Crippen molar-refractivity contribution in [3.63, 3.8) is 0 Å². The van der Waals surface area contributed by atoms with Gasteiger partial charge in [0, 0.05) is 16.5 Å². The summed E-state index contributed by atoms with van der Waals surface area (Å²) in [5.74, 6) is 0.845. The number of aliphatic hydroxyl groups excluding tert-OH is 1. The quantitative estimate of drug-likeness (QED) is 0.805. The highest BCUT2D eigenvalue weighted by Gasteiger charge is 2.26. The predicted molar refractivity (Wildman–Crippen MR) is 76.9 cm³/mol. The Kier molecular flexibility index (Phi) is 5.07. The minimum atomic E-state index is -0.387. The first-order valence-corrected chi connectivity index (χ1v) is 7.64. The maximum atomic E-state index is 10.2. The van der Waals surface area contributed by atoms with Gasteiger partial charge in [-0.15, -0.1) is 0 Å². The van der Waals surface area contributed by atoms with Crippen molar-refractivity contribution in [1.82, 2.24) is 0 Å². The molecule has 2 atom stereocenters. The summed E-state index contributed by atoms with van der Waals surface area (Å²) in [5, 5.41) is 10.2. The zero-order valence-corrected chi connectivity index (χ0v) is 12.4. The van der Waals surface area contributed by atoms with Crippen LogP contribution in [0.2, 0.25) is 0 Å². The molecule has 0 amide bonds. The summed E-state index contributed by atoms with van der Waals surface area (Å²) >= 11 is 3.43. The average Bonchev–Trinajstić information content (AvgIpc) is 2.36. The fraction of sp³-hybridized carbons (Fsp3) is 0.600. The smallest absolute Gasteiger partial charge is 0.125 e. The predicted octanol–water partition coefficient (Wildman–Crippen LogP) is 4.60. The number of rotatable bonds is 5. The van der Waals surface area contributed by atoms with Crippen molar-refractivity contribution in [2.24, 2.45) is 0 Å². The zero-order chi connectivity index (χ0) is 13.0. The molecule has 2 rings (SSSR count). The Morgan fingerprint density at radius 2 is 2.17 bits per heavy atom. The highest BCUT2D eigenvalue weighted by Crippen LogP contribution is 2.37. The first-order valence-electron chi connectivity index (χ1n) is 6.85. The summed E-state index contributed by atoms with van der Waals surface area (Å²) in [7, 11) is 0. The van der Waals surface area contributed by atoms with E-state index in [4.69, 9.17) is 4.74 Å². The fourth-order valence-electron chi connectivity index (χ4n) is 2.47. The highest BCUT2D eigenvalue weighted by atomic mass is 79.9. The van der Waals surface area contributed by atoms with Crippen LogP contribution in [0.5, 0.6) is 5.75 Å². The van der Waals surface area contributed by atoms with Crippen molar-refractivity contribution in [2.45, 2.75) is 57.7 Å². The van der Waals surface area contributed by atoms with Crippen LogP contribution in [-0.2, 0) is 0 Å². The molecule has 1 aromatic carbocycles. The Morgan fingerprint density at radius 1 is 1.33 bits per heavy atom. The van der Waals surface area contributed by atoms with Crippen molar-refractivity contribution in [3.05, 3.63) is 28.2 Å². The molecular formula is C15H21BrO2. The molecule has 1 unspecified atom stereocenters. The highest BCUT2D eigenvalue weighted by molar-refractivity contribution is 9.10. The molecule has 2 nitrogen and oxygen atoms in total. The van der Waals surface area contributed by atoms with Gasteiger partial charge in [0.25, 0.3) is 0 Å². The maximum Gasteiger partial charge on any atom is 0.125 e. The lowest BCUT2D eigenvalue weighted by atomic mass is 9.96. The molecular weight excluding hydrogens is 292 g/mol. The molecule has 0 saturated heterocycles. The molecule has 1 heterocycles. The van der Waals surface area contributed by atoms with E-state index in [2.05, 4.69) is 22.9 Å². The van der Waals surface area contributed by atoms with Crippen LogP contribution in [0.4, 0.5) is 0 Å². The lowest BCUT2D eigenvalue weighted by Gasteiger charge is -2.29. The standard InChI is InChI=1S/C15H21BrO2/c1-2-3-4-5-6-12-10-14(17)13-9-11(16)7-8-15(13)18-12/h7-9,12,14,17H,2-6,10H2,1H3/t12?,14-/m1/s1. The normalized spacial score (nSPS) is 22.4. The maximum absolute atomic E-state index is 10.2. The Labute approximate surface area is 117 Å². The van der Waals surface area contributed by atoms with Gasteiger partial charge in [-0.3, -0.25) is 0 Å². The Bertz CT molecular complexity index is 392. The van der Waals surface area contributed by atoms with Gasteiger partial charge in [-0.05, 0) is 31.0 Å². The topological polar surface area (TPSA) is 29.5 Å². The second-order valence-corrected chi connectivity index (χ2v) is 5.94. The first-order chi connectivity index (χ1) is 8.70. The summed E-state index contributed by atoms with van der Waals surface area (Å²) in [4.78, 5) is 0. The lowest BCUT2D eigenvalue weighted by molar-refractivity contribution is 0.0604. The van der Waals surface area contributed by atoms with Crippen LogP contribution in [0.1, 0.15) is 57.1 Å². The zero-order valence-electron chi connectivity index (χ0n) is 10.9. The van der Waals surface area contributed by atoms with E-state index in [0.29, 0.717) is 0 Å². The van der Waals surface area contributed by atoms with E-state index in [1.807, 2.05) is 18.2 Å².